The number of nitrogens with one attached hydrogen (secondary N) is 1. The topological polar surface area (TPSA) is 49.4 Å². The quantitative estimate of drug-likeness (QED) is 0.915. The zero-order chi connectivity index (χ0) is 16.2. The molecule has 3 rings (SSSR count). The van der Waals surface area contributed by atoms with Crippen LogP contribution in [0.25, 0.3) is 0 Å². The maximum absolute atomic E-state index is 13.2. The minimum Gasteiger partial charge on any atom is -0.350 e. The zero-order valence-electron chi connectivity index (χ0n) is 12.5. The van der Waals surface area contributed by atoms with Gasteiger partial charge in [-0.1, -0.05) is 18.2 Å². The van der Waals surface area contributed by atoms with E-state index in [2.05, 4.69) is 5.32 Å². The molecule has 0 unspecified atom stereocenters. The molecule has 2 amide bonds. The molecule has 1 aromatic carbocycles. The lowest BCUT2D eigenvalue weighted by Gasteiger charge is -2.23. The van der Waals surface area contributed by atoms with Crippen molar-refractivity contribution in [2.45, 2.75) is 32.0 Å². The van der Waals surface area contributed by atoms with Gasteiger partial charge in [0.1, 0.15) is 11.9 Å². The molecule has 1 fully saturated rings. The van der Waals surface area contributed by atoms with Gasteiger partial charge in [-0.3, -0.25) is 9.59 Å². The van der Waals surface area contributed by atoms with E-state index in [-0.39, 0.29) is 24.2 Å². The molecular formula is C17H17FN2O2S. The highest BCUT2D eigenvalue weighted by Gasteiger charge is 2.35. The fourth-order valence-corrected chi connectivity index (χ4v) is 3.43. The molecule has 0 aliphatic carbocycles. The smallest absolute Gasteiger partial charge is 0.243 e. The summed E-state index contributed by atoms with van der Waals surface area (Å²) in [5, 5.41) is 4.76. The van der Waals surface area contributed by atoms with Crippen LogP contribution in [0.5, 0.6) is 0 Å². The second-order valence-corrected chi connectivity index (χ2v) is 6.54. The molecular weight excluding hydrogens is 315 g/mol. The minimum atomic E-state index is -0.446. The van der Waals surface area contributed by atoms with Gasteiger partial charge < -0.3 is 10.2 Å². The van der Waals surface area contributed by atoms with Crippen LogP contribution in [0.1, 0.15) is 23.3 Å². The van der Waals surface area contributed by atoms with Crippen molar-refractivity contribution in [3.05, 3.63) is 58.0 Å². The van der Waals surface area contributed by atoms with Gasteiger partial charge in [0.15, 0.2) is 0 Å². The van der Waals surface area contributed by atoms with E-state index >= 15 is 0 Å². The van der Waals surface area contributed by atoms with E-state index in [1.54, 1.807) is 28.4 Å². The van der Waals surface area contributed by atoms with Crippen molar-refractivity contribution >= 4 is 23.2 Å². The molecule has 0 saturated carbocycles. The van der Waals surface area contributed by atoms with Crippen molar-refractivity contribution in [2.75, 3.05) is 0 Å². The number of carbonyl (C=O) groups is 2. The number of hydrogen-bond acceptors (Lipinski definition) is 3. The van der Waals surface area contributed by atoms with Gasteiger partial charge in [0, 0.05) is 17.8 Å². The number of likely N-dealkylation sites (tertiary alicyclic amines) is 1. The summed E-state index contributed by atoms with van der Waals surface area (Å²) in [6.45, 7) is 0.725. The highest BCUT2D eigenvalue weighted by atomic mass is 32.1. The predicted molar refractivity (Wildman–Crippen MR) is 86.1 cm³/mol. The molecule has 120 valence electrons. The van der Waals surface area contributed by atoms with E-state index in [1.165, 1.54) is 12.1 Å². The summed E-state index contributed by atoms with van der Waals surface area (Å²) in [6, 6.07) is 9.56. The van der Waals surface area contributed by atoms with Crippen LogP contribution in [0.2, 0.25) is 0 Å². The Bertz CT molecular complexity index is 702. The van der Waals surface area contributed by atoms with Gasteiger partial charge in [0.05, 0.1) is 6.54 Å². The molecule has 2 heterocycles. The van der Waals surface area contributed by atoms with Crippen molar-refractivity contribution in [2.24, 2.45) is 0 Å². The van der Waals surface area contributed by atoms with Crippen molar-refractivity contribution < 1.29 is 14.0 Å². The molecule has 23 heavy (non-hydrogen) atoms. The van der Waals surface area contributed by atoms with E-state index in [9.17, 15) is 14.0 Å². The summed E-state index contributed by atoms with van der Waals surface area (Å²) in [4.78, 5) is 27.1. The summed E-state index contributed by atoms with van der Waals surface area (Å²) in [5.74, 6) is -0.506. The van der Waals surface area contributed by atoms with Crippen molar-refractivity contribution in [3.8, 4) is 0 Å². The Morgan fingerprint density at radius 2 is 2.22 bits per heavy atom. The summed E-state index contributed by atoms with van der Waals surface area (Å²) in [5.41, 5.74) is 0.701. The average Bonchev–Trinajstić information content (AvgIpc) is 3.16. The lowest BCUT2D eigenvalue weighted by Crippen LogP contribution is -2.44. The molecule has 0 bridgehead atoms. The number of carbonyl (C=O) groups excluding carboxylic acids is 2. The fraction of sp³-hybridized carbons (Fsp3) is 0.294. The Labute approximate surface area is 137 Å². The van der Waals surface area contributed by atoms with E-state index in [0.717, 1.165) is 4.88 Å². The maximum atomic E-state index is 13.2. The Kier molecular flexibility index (Phi) is 4.71. The van der Waals surface area contributed by atoms with Gasteiger partial charge in [0.2, 0.25) is 11.8 Å². The largest absolute Gasteiger partial charge is 0.350 e. The molecule has 1 atom stereocenters. The van der Waals surface area contributed by atoms with Crippen LogP contribution in [-0.4, -0.2) is 22.8 Å². The normalized spacial score (nSPS) is 17.5. The lowest BCUT2D eigenvalue weighted by atomic mass is 10.2. The summed E-state index contributed by atoms with van der Waals surface area (Å²) < 4.78 is 13.2. The zero-order valence-corrected chi connectivity index (χ0v) is 13.3. The monoisotopic (exact) mass is 332 g/mol. The first-order chi connectivity index (χ1) is 11.1. The van der Waals surface area contributed by atoms with Gasteiger partial charge in [0.25, 0.3) is 0 Å². The molecule has 1 aromatic heterocycles. The molecule has 0 radical (unpaired) electrons. The second kappa shape index (κ2) is 6.91. The van der Waals surface area contributed by atoms with Crippen LogP contribution in [-0.2, 0) is 22.7 Å². The van der Waals surface area contributed by atoms with Gasteiger partial charge in [-0.05, 0) is 35.6 Å². The van der Waals surface area contributed by atoms with Crippen molar-refractivity contribution in [1.29, 1.82) is 0 Å². The van der Waals surface area contributed by atoms with Crippen molar-refractivity contribution in [1.82, 2.24) is 10.2 Å². The van der Waals surface area contributed by atoms with Gasteiger partial charge >= 0.3 is 0 Å². The third-order valence-electron chi connectivity index (χ3n) is 3.89. The highest BCUT2D eigenvalue weighted by molar-refractivity contribution is 7.09. The first-order valence-corrected chi connectivity index (χ1v) is 8.35. The lowest BCUT2D eigenvalue weighted by molar-refractivity contribution is -0.135. The number of benzene rings is 1. The number of amides is 2. The Morgan fingerprint density at radius 1 is 1.35 bits per heavy atom. The SMILES string of the molecule is O=C(NCc1cccc(F)c1)[C@H]1CCC(=O)N1Cc1cccs1. The minimum absolute atomic E-state index is 0.00399. The number of thiophene rings is 1. The van der Waals surface area contributed by atoms with Crippen LogP contribution in [0.3, 0.4) is 0 Å². The van der Waals surface area contributed by atoms with E-state index in [0.29, 0.717) is 24.9 Å². The van der Waals surface area contributed by atoms with Crippen molar-refractivity contribution in [3.63, 3.8) is 0 Å². The molecule has 4 nitrogen and oxygen atoms in total. The molecule has 2 aromatic rings. The number of rotatable bonds is 5. The van der Waals surface area contributed by atoms with Crippen LogP contribution in [0, 0.1) is 5.82 Å². The van der Waals surface area contributed by atoms with E-state index in [4.69, 9.17) is 0 Å². The van der Waals surface area contributed by atoms with Gasteiger partial charge in [-0.2, -0.15) is 0 Å². The number of hydrogen-bond donors (Lipinski definition) is 1. The van der Waals surface area contributed by atoms with Crippen LogP contribution in [0.15, 0.2) is 41.8 Å². The third kappa shape index (κ3) is 3.76. The summed E-state index contributed by atoms with van der Waals surface area (Å²) >= 11 is 1.57. The Hall–Kier alpha value is -2.21. The predicted octanol–water partition coefficient (Wildman–Crippen LogP) is 2.69. The van der Waals surface area contributed by atoms with Crippen LogP contribution in [0.4, 0.5) is 4.39 Å². The first-order valence-electron chi connectivity index (χ1n) is 7.47. The van der Waals surface area contributed by atoms with Gasteiger partial charge in [-0.15, -0.1) is 11.3 Å². The molecule has 6 heteroatoms. The molecule has 1 aliphatic heterocycles. The maximum Gasteiger partial charge on any atom is 0.243 e. The third-order valence-corrected chi connectivity index (χ3v) is 4.75. The molecule has 1 aliphatic rings. The standard InChI is InChI=1S/C17H17FN2O2S/c18-13-4-1-3-12(9-13)10-19-17(22)15-6-7-16(21)20(15)11-14-5-2-8-23-14/h1-5,8-9,15H,6-7,10-11H2,(H,19,22)/t15-/m1/s1. The Morgan fingerprint density at radius 3 is 2.96 bits per heavy atom. The fourth-order valence-electron chi connectivity index (χ4n) is 2.73. The number of halogens is 1. The summed E-state index contributed by atoms with van der Waals surface area (Å²) in [7, 11) is 0. The van der Waals surface area contributed by atoms with Gasteiger partial charge in [-0.25, -0.2) is 4.39 Å². The van der Waals surface area contributed by atoms with Crippen LogP contribution >= 0.6 is 11.3 Å². The first kappa shape index (κ1) is 15.7. The molecule has 1 saturated heterocycles. The molecule has 0 spiro atoms. The Balaban J connectivity index is 1.62. The molecule has 1 N–H and O–H groups in total. The number of nitrogens with zero attached hydrogens (tertiary/aromatic N) is 1. The summed E-state index contributed by atoms with van der Waals surface area (Å²) in [6.07, 6.45) is 0.919. The second-order valence-electron chi connectivity index (χ2n) is 5.50. The van der Waals surface area contributed by atoms with E-state index in [1.807, 2.05) is 17.5 Å². The van der Waals surface area contributed by atoms with E-state index < -0.39 is 6.04 Å². The van der Waals surface area contributed by atoms with Crippen LogP contribution < -0.4 is 5.32 Å². The average molecular weight is 332 g/mol. The highest BCUT2D eigenvalue weighted by Crippen LogP contribution is 2.23.